The predicted octanol–water partition coefficient (Wildman–Crippen LogP) is 8.20. The first kappa shape index (κ1) is 30.2. The molecule has 43 heavy (non-hydrogen) atoms. The number of ether oxygens (including phenoxy) is 2. The summed E-state index contributed by atoms with van der Waals surface area (Å²) in [6, 6.07) is 16.8. The van der Waals surface area contributed by atoms with Crippen LogP contribution in [0.15, 0.2) is 78.0 Å². The lowest BCUT2D eigenvalue weighted by molar-refractivity contribution is -0.137. The molecule has 2 aliphatic rings. The van der Waals surface area contributed by atoms with Crippen molar-refractivity contribution >= 4 is 23.1 Å². The number of fused-ring (bicyclic) bond motifs is 1. The molecule has 226 valence electrons. The lowest BCUT2D eigenvalue weighted by Crippen LogP contribution is -2.38. The molecule has 0 spiro atoms. The van der Waals surface area contributed by atoms with Gasteiger partial charge in [-0.15, -0.1) is 0 Å². The number of amides is 1. The molecule has 5 rings (SSSR count). The van der Waals surface area contributed by atoms with Gasteiger partial charge in [0, 0.05) is 24.1 Å². The van der Waals surface area contributed by atoms with Crippen LogP contribution >= 0.6 is 0 Å². The average molecular weight is 593 g/mol. The van der Waals surface area contributed by atoms with Crippen LogP contribution in [0.25, 0.3) is 0 Å². The Bertz CT molecular complexity index is 1530. The van der Waals surface area contributed by atoms with Crippen molar-refractivity contribution in [3.8, 4) is 11.5 Å². The second kappa shape index (κ2) is 12.5. The average Bonchev–Trinajstić information content (AvgIpc) is 3.15. The number of alkyl halides is 3. The molecule has 0 saturated carbocycles. The highest BCUT2D eigenvalue weighted by atomic mass is 19.4. The second-order valence-corrected chi connectivity index (χ2v) is 10.9. The highest BCUT2D eigenvalue weighted by Gasteiger charge is 2.42. The summed E-state index contributed by atoms with van der Waals surface area (Å²) >= 11 is 0. The van der Waals surface area contributed by atoms with E-state index in [1.807, 2.05) is 43.3 Å². The van der Waals surface area contributed by atoms with E-state index in [-0.39, 0.29) is 30.4 Å². The van der Waals surface area contributed by atoms with Gasteiger partial charge in [0.2, 0.25) is 5.91 Å². The van der Waals surface area contributed by atoms with Crippen molar-refractivity contribution in [1.29, 1.82) is 0 Å². The monoisotopic (exact) mass is 592 g/mol. The van der Waals surface area contributed by atoms with E-state index < -0.39 is 17.8 Å². The lowest BCUT2D eigenvalue weighted by atomic mass is 9.78. The molecule has 0 fully saturated rings. The Morgan fingerprint density at radius 1 is 0.930 bits per heavy atom. The standard InChI is InChI=1S/C34H35F3N2O4/c1-4-5-6-11-31(41)39-27-10-8-7-9-25(27)38-26-18-23(22-14-17-29(42-2)30(20-22)43-3)19-28(40)32(26)33(39)21-12-15-24(16-13-21)34(35,36)37/h7-10,12-17,20,23,33,38H,4-6,11,18-19H2,1-3H3/t23-,33+/m1/s1. The van der Waals surface area contributed by atoms with E-state index in [9.17, 15) is 22.8 Å². The fourth-order valence-electron chi connectivity index (χ4n) is 6.02. The number of Topliss-reactive ketones (excluding diaryl/α,β-unsaturated/α-hetero) is 1. The molecule has 2 atom stereocenters. The summed E-state index contributed by atoms with van der Waals surface area (Å²) in [4.78, 5) is 29.7. The number of methoxy groups -OCH3 is 2. The van der Waals surface area contributed by atoms with E-state index in [0.29, 0.717) is 52.5 Å². The molecular weight excluding hydrogens is 557 g/mol. The maximum Gasteiger partial charge on any atom is 0.416 e. The molecule has 1 N–H and O–H groups in total. The Hall–Kier alpha value is -4.27. The van der Waals surface area contributed by atoms with E-state index >= 15 is 0 Å². The zero-order valence-electron chi connectivity index (χ0n) is 24.5. The van der Waals surface area contributed by atoms with Gasteiger partial charge in [0.15, 0.2) is 17.3 Å². The number of nitrogens with zero attached hydrogens (tertiary/aromatic N) is 1. The van der Waals surface area contributed by atoms with Gasteiger partial charge >= 0.3 is 6.18 Å². The highest BCUT2D eigenvalue weighted by Crippen LogP contribution is 2.48. The first-order chi connectivity index (χ1) is 20.7. The van der Waals surface area contributed by atoms with E-state index in [2.05, 4.69) is 5.32 Å². The number of nitrogens with one attached hydrogen (secondary N) is 1. The van der Waals surface area contributed by atoms with Gasteiger partial charge < -0.3 is 14.8 Å². The quantitative estimate of drug-likeness (QED) is 0.267. The molecule has 0 radical (unpaired) electrons. The van der Waals surface area contributed by atoms with Crippen LogP contribution in [0.1, 0.15) is 74.1 Å². The topological polar surface area (TPSA) is 67.9 Å². The molecule has 1 amide bonds. The molecule has 1 aliphatic heterocycles. The van der Waals surface area contributed by atoms with Gasteiger partial charge in [-0.3, -0.25) is 14.5 Å². The molecule has 3 aromatic carbocycles. The van der Waals surface area contributed by atoms with Crippen LogP contribution in [0.4, 0.5) is 24.5 Å². The molecule has 0 aromatic heterocycles. The maximum absolute atomic E-state index is 14.2. The summed E-state index contributed by atoms with van der Waals surface area (Å²) in [6.45, 7) is 2.05. The molecule has 0 unspecified atom stereocenters. The van der Waals surface area contributed by atoms with Gasteiger partial charge in [0.1, 0.15) is 0 Å². The first-order valence-corrected chi connectivity index (χ1v) is 14.5. The Morgan fingerprint density at radius 2 is 1.63 bits per heavy atom. The van der Waals surface area contributed by atoms with Crippen molar-refractivity contribution in [2.75, 3.05) is 24.4 Å². The zero-order chi connectivity index (χ0) is 30.7. The van der Waals surface area contributed by atoms with Crippen LogP contribution in [-0.4, -0.2) is 25.9 Å². The number of ketones is 1. The predicted molar refractivity (Wildman–Crippen MR) is 159 cm³/mol. The van der Waals surface area contributed by atoms with Gasteiger partial charge in [-0.1, -0.05) is 50.1 Å². The molecule has 0 saturated heterocycles. The number of unbranched alkanes of at least 4 members (excludes halogenated alkanes) is 2. The van der Waals surface area contributed by atoms with Crippen LogP contribution in [0.3, 0.4) is 0 Å². The number of para-hydroxylation sites is 2. The van der Waals surface area contributed by atoms with Crippen molar-refractivity contribution in [2.45, 2.75) is 63.6 Å². The lowest BCUT2D eigenvalue weighted by Gasteiger charge is -2.35. The van der Waals surface area contributed by atoms with Crippen molar-refractivity contribution < 1.29 is 32.2 Å². The van der Waals surface area contributed by atoms with E-state index in [1.54, 1.807) is 25.2 Å². The molecule has 1 aliphatic carbocycles. The molecule has 1 heterocycles. The van der Waals surface area contributed by atoms with Crippen molar-refractivity contribution in [3.05, 3.63) is 94.7 Å². The summed E-state index contributed by atoms with van der Waals surface area (Å²) in [5.74, 6) is 0.590. The zero-order valence-corrected chi connectivity index (χ0v) is 24.5. The van der Waals surface area contributed by atoms with E-state index in [0.717, 1.165) is 30.5 Å². The third kappa shape index (κ3) is 6.12. The van der Waals surface area contributed by atoms with Crippen LogP contribution in [0.2, 0.25) is 0 Å². The van der Waals surface area contributed by atoms with Crippen LogP contribution in [-0.2, 0) is 15.8 Å². The minimum atomic E-state index is -4.51. The minimum absolute atomic E-state index is 0.168. The van der Waals surface area contributed by atoms with Gasteiger partial charge in [0.05, 0.1) is 37.2 Å². The normalized spacial score (nSPS) is 18.4. The second-order valence-electron chi connectivity index (χ2n) is 10.9. The minimum Gasteiger partial charge on any atom is -0.493 e. The number of rotatable bonds is 8. The van der Waals surface area contributed by atoms with E-state index in [4.69, 9.17) is 9.47 Å². The Morgan fingerprint density at radius 3 is 2.30 bits per heavy atom. The third-order valence-electron chi connectivity index (χ3n) is 8.18. The first-order valence-electron chi connectivity index (χ1n) is 14.5. The van der Waals surface area contributed by atoms with Crippen LogP contribution < -0.4 is 19.7 Å². The Kier molecular flexibility index (Phi) is 8.80. The van der Waals surface area contributed by atoms with Gasteiger partial charge in [-0.05, 0) is 66.3 Å². The Balaban J connectivity index is 1.65. The summed E-state index contributed by atoms with van der Waals surface area (Å²) in [7, 11) is 3.11. The molecule has 9 heteroatoms. The largest absolute Gasteiger partial charge is 0.493 e. The smallest absolute Gasteiger partial charge is 0.416 e. The number of carbonyl (C=O) groups excluding carboxylic acids is 2. The number of hydrogen-bond acceptors (Lipinski definition) is 5. The van der Waals surface area contributed by atoms with Gasteiger partial charge in [-0.2, -0.15) is 13.2 Å². The van der Waals surface area contributed by atoms with Crippen molar-refractivity contribution in [2.24, 2.45) is 0 Å². The number of allylic oxidation sites excluding steroid dienone is 1. The number of benzene rings is 3. The summed E-state index contributed by atoms with van der Waals surface area (Å²) in [6.07, 6.45) is -1.17. The number of carbonyl (C=O) groups is 2. The SMILES string of the molecule is CCCCCC(=O)N1c2ccccc2NC2=C(C(=O)C[C@H](c3ccc(OC)c(OC)c3)C2)[C@@H]1c1ccc(C(F)(F)F)cc1. The highest BCUT2D eigenvalue weighted by molar-refractivity contribution is 6.06. The molecule has 0 bridgehead atoms. The van der Waals surface area contributed by atoms with E-state index in [1.165, 1.54) is 12.1 Å². The fourth-order valence-corrected chi connectivity index (χ4v) is 6.02. The van der Waals surface area contributed by atoms with Gasteiger partial charge in [-0.25, -0.2) is 0 Å². The number of halogens is 3. The Labute approximate surface area is 249 Å². The number of hydrogen-bond donors (Lipinski definition) is 1. The summed E-state index contributed by atoms with van der Waals surface area (Å²) < 4.78 is 51.3. The summed E-state index contributed by atoms with van der Waals surface area (Å²) in [5.41, 5.74) is 2.85. The van der Waals surface area contributed by atoms with Crippen molar-refractivity contribution in [3.63, 3.8) is 0 Å². The van der Waals surface area contributed by atoms with Crippen LogP contribution in [0.5, 0.6) is 11.5 Å². The fraction of sp³-hybridized carbons (Fsp3) is 0.353. The molecule has 6 nitrogen and oxygen atoms in total. The van der Waals surface area contributed by atoms with Gasteiger partial charge in [0.25, 0.3) is 0 Å². The van der Waals surface area contributed by atoms with Crippen molar-refractivity contribution in [1.82, 2.24) is 0 Å². The third-order valence-corrected chi connectivity index (χ3v) is 8.18. The summed E-state index contributed by atoms with van der Waals surface area (Å²) in [5, 5.41) is 3.46. The molecular formula is C34H35F3N2O4. The maximum atomic E-state index is 14.2. The molecule has 3 aromatic rings. The number of anilines is 2. The van der Waals surface area contributed by atoms with Crippen LogP contribution in [0, 0.1) is 0 Å².